The van der Waals surface area contributed by atoms with Crippen LogP contribution in [0.5, 0.6) is 0 Å². The van der Waals surface area contributed by atoms with E-state index in [4.69, 9.17) is 44.0 Å². The third kappa shape index (κ3) is 25.2. The fraction of sp³-hybridized carbons (Fsp3) is 0.964. The van der Waals surface area contributed by atoms with Crippen molar-refractivity contribution < 1.29 is 53.1 Å². The van der Waals surface area contributed by atoms with E-state index in [1.54, 1.807) is 0 Å². The number of nitrogens with zero attached hydrogens (tertiary/aromatic N) is 1. The van der Waals surface area contributed by atoms with Gasteiger partial charge >= 0.3 is 15.6 Å². The van der Waals surface area contributed by atoms with Crippen molar-refractivity contribution in [3.05, 3.63) is 0 Å². The summed E-state index contributed by atoms with van der Waals surface area (Å²) in [7, 11) is -23.3. The van der Waals surface area contributed by atoms with Crippen molar-refractivity contribution in [2.24, 2.45) is 5.16 Å². The van der Waals surface area contributed by atoms with E-state index < -0.39 is 92.2 Å². The first kappa shape index (κ1) is 51.1. The van der Waals surface area contributed by atoms with Gasteiger partial charge in [0, 0.05) is 0 Å². The maximum Gasteiger partial charge on any atom is 0.455 e. The zero-order chi connectivity index (χ0) is 40.0. The second-order valence-electron chi connectivity index (χ2n) is 19.2. The lowest BCUT2D eigenvalue weighted by Crippen LogP contribution is -2.57. The highest BCUT2D eigenvalue weighted by atomic mass is 31.2. The van der Waals surface area contributed by atoms with Gasteiger partial charge in [-0.25, -0.2) is 9.13 Å². The summed E-state index contributed by atoms with van der Waals surface area (Å²) < 4.78 is 85.7. The molecule has 22 heteroatoms. The van der Waals surface area contributed by atoms with Gasteiger partial charge in [-0.3, -0.25) is 9.05 Å². The molecule has 0 saturated heterocycles. The van der Waals surface area contributed by atoms with E-state index in [2.05, 4.69) is 44.4 Å². The lowest BCUT2D eigenvalue weighted by molar-refractivity contribution is -0.0329. The van der Waals surface area contributed by atoms with E-state index >= 15 is 0 Å². The predicted octanol–water partition coefficient (Wildman–Crippen LogP) is 10.3. The molecule has 0 aliphatic rings. The summed E-state index contributed by atoms with van der Waals surface area (Å²) >= 11 is 0. The molecule has 13 nitrogen and oxygen atoms in total. The Bertz CT molecular complexity index is 1140. The van der Waals surface area contributed by atoms with E-state index in [0.717, 1.165) is 0 Å². The number of hydrogen-bond acceptors (Lipinski definition) is 13. The molecule has 0 spiro atoms. The fourth-order valence-corrected chi connectivity index (χ4v) is 20.6. The Morgan fingerprint density at radius 2 is 0.840 bits per heavy atom. The minimum Gasteiger partial charge on any atom is -0.410 e. The molecule has 0 aliphatic heterocycles. The highest BCUT2D eigenvalue weighted by Gasteiger charge is 2.46. The lowest BCUT2D eigenvalue weighted by Gasteiger charge is -2.42. The number of hydrogen-bond donors (Lipinski definition) is 0. The second kappa shape index (κ2) is 18.8. The Hall–Kier alpha value is 1.09. The monoisotopic (exact) mass is 873 g/mol. The SMILES string of the molecule is CON=C(COP(=O)(O[Si](C)(C)C)O[Si](C)(C)C)[C@H](O[Si](C)(C)C)[C@@H](O[Si](C)(C)C)[C@H](COP(=O)(O[Si](C)(C)C)O[Si](C)(C)C)O[Si](C)(C)C. The van der Waals surface area contributed by atoms with Gasteiger partial charge in [0.1, 0.15) is 31.6 Å². The largest absolute Gasteiger partial charge is 0.455 e. The molecule has 0 fully saturated rings. The quantitative estimate of drug-likeness (QED) is 0.0395. The number of phosphoric acid groups is 2. The Kier molecular flexibility index (Phi) is 19.2. The Morgan fingerprint density at radius 1 is 0.500 bits per heavy atom. The third-order valence-electron chi connectivity index (χ3n) is 4.99. The molecule has 0 rings (SSSR count). The molecule has 0 bridgehead atoms. The molecule has 3 atom stereocenters. The molecule has 0 unspecified atom stereocenters. The molecule has 0 amide bonds. The van der Waals surface area contributed by atoms with Crippen LogP contribution in [0.3, 0.4) is 0 Å². The van der Waals surface area contributed by atoms with Crippen LogP contribution in [0.2, 0.25) is 137 Å². The summed E-state index contributed by atoms with van der Waals surface area (Å²) in [4.78, 5) is 5.36. The highest BCUT2D eigenvalue weighted by Crippen LogP contribution is 2.55. The second-order valence-corrected chi connectivity index (χ2v) is 54.7. The number of rotatable bonds is 24. The average molecular weight is 874 g/mol. The van der Waals surface area contributed by atoms with Crippen molar-refractivity contribution in [1.82, 2.24) is 0 Å². The maximum absolute atomic E-state index is 14.3. The summed E-state index contributed by atoms with van der Waals surface area (Å²) in [6, 6.07) is 0. The summed E-state index contributed by atoms with van der Waals surface area (Å²) in [5.74, 6) is 0. The Morgan fingerprint density at radius 3 is 1.14 bits per heavy atom. The summed E-state index contributed by atoms with van der Waals surface area (Å²) in [5, 5.41) is 4.38. The number of oxime groups is 1. The normalized spacial score (nSPS) is 17.1. The lowest BCUT2D eigenvalue weighted by atomic mass is 10.0. The molecule has 0 aromatic carbocycles. The van der Waals surface area contributed by atoms with Crippen LogP contribution in [0.15, 0.2) is 5.16 Å². The van der Waals surface area contributed by atoms with Crippen molar-refractivity contribution in [1.29, 1.82) is 0 Å². The van der Waals surface area contributed by atoms with Crippen LogP contribution in [0, 0.1) is 0 Å². The van der Waals surface area contributed by atoms with Crippen molar-refractivity contribution in [2.45, 2.75) is 156 Å². The van der Waals surface area contributed by atoms with Gasteiger partial charge in [0.05, 0.1) is 12.7 Å². The van der Waals surface area contributed by atoms with Crippen LogP contribution in [0.25, 0.3) is 0 Å². The van der Waals surface area contributed by atoms with Crippen molar-refractivity contribution in [2.75, 3.05) is 20.3 Å². The maximum atomic E-state index is 14.3. The van der Waals surface area contributed by atoms with Gasteiger partial charge in [0.15, 0.2) is 58.2 Å². The third-order valence-corrected chi connectivity index (χ3v) is 21.2. The molecule has 0 aromatic rings. The van der Waals surface area contributed by atoms with E-state index in [-0.39, 0.29) is 18.9 Å². The van der Waals surface area contributed by atoms with E-state index in [9.17, 15) is 9.13 Å². The smallest absolute Gasteiger partial charge is 0.410 e. The van der Waals surface area contributed by atoms with Crippen LogP contribution in [-0.4, -0.2) is 103 Å². The standard InChI is InChI=1S/C28H73NO12P2Si7/c1-32-29-25(23-33-42(30,38-47(11,12)13)39-48(14,15)16)27(36-45(5,6)7)28(37-46(8,9)10)26(35-44(2,3)4)24-34-43(31,40-49(17,18)19)41-50(20,21)22/h26-28H,23-24H2,1-22H3/t26-,27-,28-/m0/s1. The molecule has 0 heterocycles. The molecule has 0 saturated carbocycles. The van der Waals surface area contributed by atoms with E-state index in [1.165, 1.54) is 7.11 Å². The molecule has 0 N–H and O–H groups in total. The van der Waals surface area contributed by atoms with E-state index in [0.29, 0.717) is 0 Å². The first-order chi connectivity index (χ1) is 21.8. The van der Waals surface area contributed by atoms with Crippen LogP contribution >= 0.6 is 15.6 Å². The summed E-state index contributed by atoms with van der Waals surface area (Å²) in [6.45, 7) is 41.2. The minimum absolute atomic E-state index is 0.172. The first-order valence-corrected chi connectivity index (χ1v) is 44.0. The zero-order valence-electron chi connectivity index (χ0n) is 35.4. The average Bonchev–Trinajstić information content (AvgIpc) is 2.74. The highest BCUT2D eigenvalue weighted by molar-refractivity contribution is 7.52. The molecule has 0 aromatic heterocycles. The predicted molar refractivity (Wildman–Crippen MR) is 224 cm³/mol. The fourth-order valence-electron chi connectivity index (χ4n) is 4.17. The molecule has 50 heavy (non-hydrogen) atoms. The van der Waals surface area contributed by atoms with Gasteiger partial charge in [-0.15, -0.1) is 0 Å². The van der Waals surface area contributed by atoms with Crippen LogP contribution in [-0.2, 0) is 53.1 Å². The van der Waals surface area contributed by atoms with Crippen molar-refractivity contribution in [3.8, 4) is 0 Å². The van der Waals surface area contributed by atoms with Gasteiger partial charge in [-0.2, -0.15) is 0 Å². The summed E-state index contributed by atoms with van der Waals surface area (Å²) in [6.07, 6.45) is -2.54. The van der Waals surface area contributed by atoms with Gasteiger partial charge in [0.25, 0.3) is 0 Å². The van der Waals surface area contributed by atoms with Gasteiger partial charge < -0.3 is 35.0 Å². The minimum atomic E-state index is -4.03. The summed E-state index contributed by atoms with van der Waals surface area (Å²) in [5.41, 5.74) is 0.279. The molecule has 0 aliphatic carbocycles. The topological polar surface area (TPSA) is 139 Å². The molecule has 0 radical (unpaired) electrons. The van der Waals surface area contributed by atoms with Gasteiger partial charge in [-0.1, -0.05) is 5.16 Å². The van der Waals surface area contributed by atoms with E-state index in [1.807, 2.05) is 98.2 Å². The van der Waals surface area contributed by atoms with Crippen molar-refractivity contribution >= 4 is 79.6 Å². The first-order valence-electron chi connectivity index (χ1n) is 17.2. The van der Waals surface area contributed by atoms with Crippen LogP contribution in [0.1, 0.15) is 0 Å². The van der Waals surface area contributed by atoms with Crippen LogP contribution < -0.4 is 0 Å². The molecular formula is C28H73NO12P2Si7. The van der Waals surface area contributed by atoms with Crippen molar-refractivity contribution in [3.63, 3.8) is 0 Å². The Balaban J connectivity index is 7.40. The zero-order valence-corrected chi connectivity index (χ0v) is 44.2. The van der Waals surface area contributed by atoms with Crippen LogP contribution in [0.4, 0.5) is 0 Å². The Labute approximate surface area is 312 Å². The van der Waals surface area contributed by atoms with Gasteiger partial charge in [-0.05, 0) is 137 Å². The molecule has 300 valence electrons. The van der Waals surface area contributed by atoms with Gasteiger partial charge in [0.2, 0.25) is 0 Å². The molecular weight excluding hydrogens is 801 g/mol.